The number of nitrogens with zero attached hydrogens (tertiary/aromatic N) is 3. The highest BCUT2D eigenvalue weighted by atomic mass is 32.2. The van der Waals surface area contributed by atoms with Gasteiger partial charge in [-0.2, -0.15) is 4.31 Å². The van der Waals surface area contributed by atoms with Crippen molar-refractivity contribution in [3.63, 3.8) is 0 Å². The van der Waals surface area contributed by atoms with Crippen molar-refractivity contribution in [3.8, 4) is 0 Å². The number of aromatic amines is 1. The molecule has 31 heavy (non-hydrogen) atoms. The van der Waals surface area contributed by atoms with Gasteiger partial charge >= 0.3 is 0 Å². The number of piperazine rings is 1. The van der Waals surface area contributed by atoms with Crippen LogP contribution in [0, 0.1) is 0 Å². The van der Waals surface area contributed by atoms with Crippen LogP contribution in [-0.4, -0.2) is 83.8 Å². The standard InChI is InChI=1S/C22H30N4O4S/c1-2-14-31(29,30)26-9-5-8-20(26)22(28)25-12-10-24(11-13-25)21(27)15-17-16-23-19-7-4-3-6-18(17)19/h3-4,6-7,16,20,23H,2,5,8-15H2,1H3. The number of sulfonamides is 1. The summed E-state index contributed by atoms with van der Waals surface area (Å²) in [7, 11) is -3.40. The molecule has 1 N–H and O–H groups in total. The molecule has 0 bridgehead atoms. The summed E-state index contributed by atoms with van der Waals surface area (Å²) in [5.41, 5.74) is 1.99. The molecule has 0 radical (unpaired) electrons. The van der Waals surface area contributed by atoms with E-state index in [9.17, 15) is 18.0 Å². The monoisotopic (exact) mass is 446 g/mol. The Labute approximate surface area is 183 Å². The maximum absolute atomic E-state index is 13.1. The molecular formula is C22H30N4O4S. The molecule has 9 heteroatoms. The molecular weight excluding hydrogens is 416 g/mol. The summed E-state index contributed by atoms with van der Waals surface area (Å²) in [6.07, 6.45) is 4.03. The largest absolute Gasteiger partial charge is 0.361 e. The number of nitrogens with one attached hydrogen (secondary N) is 1. The van der Waals surface area contributed by atoms with E-state index in [1.54, 1.807) is 9.80 Å². The van der Waals surface area contributed by atoms with Crippen LogP contribution in [0.5, 0.6) is 0 Å². The number of hydrogen-bond donors (Lipinski definition) is 1. The van der Waals surface area contributed by atoms with Crippen LogP contribution in [0.3, 0.4) is 0 Å². The van der Waals surface area contributed by atoms with Crippen molar-refractivity contribution in [2.24, 2.45) is 0 Å². The second kappa shape index (κ2) is 9.00. The molecule has 8 nitrogen and oxygen atoms in total. The molecule has 168 valence electrons. The lowest BCUT2D eigenvalue weighted by Gasteiger charge is -2.37. The molecule has 2 amide bonds. The maximum Gasteiger partial charge on any atom is 0.241 e. The zero-order chi connectivity index (χ0) is 22.0. The Hall–Kier alpha value is -2.39. The predicted octanol–water partition coefficient (Wildman–Crippen LogP) is 1.59. The molecule has 2 aromatic rings. The van der Waals surface area contributed by atoms with E-state index in [-0.39, 0.29) is 17.6 Å². The van der Waals surface area contributed by atoms with Gasteiger partial charge in [0.2, 0.25) is 21.8 Å². The predicted molar refractivity (Wildman–Crippen MR) is 119 cm³/mol. The Morgan fingerprint density at radius 2 is 1.77 bits per heavy atom. The molecule has 1 aromatic carbocycles. The zero-order valence-corrected chi connectivity index (χ0v) is 18.7. The average Bonchev–Trinajstić information content (AvgIpc) is 3.42. The lowest BCUT2D eigenvalue weighted by Crippen LogP contribution is -2.55. The summed E-state index contributed by atoms with van der Waals surface area (Å²) >= 11 is 0. The van der Waals surface area contributed by atoms with Crippen LogP contribution in [0.2, 0.25) is 0 Å². The van der Waals surface area contributed by atoms with Gasteiger partial charge in [-0.25, -0.2) is 8.42 Å². The lowest BCUT2D eigenvalue weighted by molar-refractivity contribution is -0.141. The molecule has 1 aromatic heterocycles. The lowest BCUT2D eigenvalue weighted by atomic mass is 10.1. The summed E-state index contributed by atoms with van der Waals surface area (Å²) in [5.74, 6) is -0.00170. The van der Waals surface area contributed by atoms with Gasteiger partial charge in [-0.3, -0.25) is 9.59 Å². The summed E-state index contributed by atoms with van der Waals surface area (Å²) < 4.78 is 26.4. The fourth-order valence-electron chi connectivity index (χ4n) is 4.63. The third-order valence-corrected chi connectivity index (χ3v) is 8.34. The number of benzene rings is 1. The fraction of sp³-hybridized carbons (Fsp3) is 0.545. The highest BCUT2D eigenvalue weighted by Gasteiger charge is 2.40. The summed E-state index contributed by atoms with van der Waals surface area (Å²) in [6.45, 7) is 4.08. The first-order chi connectivity index (χ1) is 14.9. The van der Waals surface area contributed by atoms with Crippen LogP contribution in [0.1, 0.15) is 31.7 Å². The Bertz CT molecular complexity index is 1060. The highest BCUT2D eigenvalue weighted by molar-refractivity contribution is 7.89. The van der Waals surface area contributed by atoms with Crippen molar-refractivity contribution in [1.82, 2.24) is 19.1 Å². The van der Waals surface area contributed by atoms with Crippen molar-refractivity contribution in [3.05, 3.63) is 36.0 Å². The van der Waals surface area contributed by atoms with Crippen molar-refractivity contribution >= 4 is 32.7 Å². The van der Waals surface area contributed by atoms with E-state index < -0.39 is 16.1 Å². The second-order valence-corrected chi connectivity index (χ2v) is 10.4. The summed E-state index contributed by atoms with van der Waals surface area (Å²) in [4.78, 5) is 32.6. The minimum atomic E-state index is -3.40. The van der Waals surface area contributed by atoms with Gasteiger partial charge in [-0.15, -0.1) is 0 Å². The summed E-state index contributed by atoms with van der Waals surface area (Å²) in [6, 6.07) is 7.32. The Kier molecular flexibility index (Phi) is 6.34. The van der Waals surface area contributed by atoms with E-state index in [1.807, 2.05) is 37.4 Å². The number of hydrogen-bond acceptors (Lipinski definition) is 4. The molecule has 4 rings (SSSR count). The normalized spacial score (nSPS) is 20.5. The van der Waals surface area contributed by atoms with E-state index in [2.05, 4.69) is 4.98 Å². The van der Waals surface area contributed by atoms with E-state index in [0.717, 1.165) is 16.5 Å². The third kappa shape index (κ3) is 4.48. The Morgan fingerprint density at radius 1 is 1.06 bits per heavy atom. The number of H-pyrrole nitrogens is 1. The van der Waals surface area contributed by atoms with Gasteiger partial charge in [0.15, 0.2) is 0 Å². The van der Waals surface area contributed by atoms with Crippen LogP contribution in [-0.2, 0) is 26.0 Å². The van der Waals surface area contributed by atoms with Crippen molar-refractivity contribution in [2.75, 3.05) is 38.5 Å². The SMILES string of the molecule is CCCS(=O)(=O)N1CCCC1C(=O)N1CCN(C(=O)Cc2c[nH]c3ccccc23)CC1. The third-order valence-electron chi connectivity index (χ3n) is 6.27. The zero-order valence-electron chi connectivity index (χ0n) is 17.9. The van der Waals surface area contributed by atoms with Crippen molar-refractivity contribution in [1.29, 1.82) is 0 Å². The Balaban J connectivity index is 1.35. The van der Waals surface area contributed by atoms with Crippen LogP contribution >= 0.6 is 0 Å². The molecule has 0 saturated carbocycles. The molecule has 2 aliphatic heterocycles. The van der Waals surface area contributed by atoms with E-state index >= 15 is 0 Å². The number of carbonyl (C=O) groups excluding carboxylic acids is 2. The van der Waals surface area contributed by atoms with Gasteiger partial charge in [-0.05, 0) is 30.9 Å². The average molecular weight is 447 g/mol. The van der Waals surface area contributed by atoms with Gasteiger partial charge in [-0.1, -0.05) is 25.1 Å². The topological polar surface area (TPSA) is 93.8 Å². The maximum atomic E-state index is 13.1. The smallest absolute Gasteiger partial charge is 0.241 e. The van der Waals surface area contributed by atoms with Crippen molar-refractivity contribution < 1.29 is 18.0 Å². The first kappa shape index (κ1) is 21.8. The molecule has 0 aliphatic carbocycles. The quantitative estimate of drug-likeness (QED) is 0.729. The highest BCUT2D eigenvalue weighted by Crippen LogP contribution is 2.24. The van der Waals surface area contributed by atoms with Gasteiger partial charge in [0.25, 0.3) is 0 Å². The molecule has 1 unspecified atom stereocenters. The minimum Gasteiger partial charge on any atom is -0.361 e. The molecule has 0 spiro atoms. The van der Waals surface area contributed by atoms with Crippen LogP contribution in [0.25, 0.3) is 10.9 Å². The minimum absolute atomic E-state index is 0.0462. The second-order valence-electron chi connectivity index (χ2n) is 8.33. The van der Waals surface area contributed by atoms with Crippen LogP contribution in [0.4, 0.5) is 0 Å². The van der Waals surface area contributed by atoms with Crippen LogP contribution < -0.4 is 0 Å². The summed E-state index contributed by atoms with van der Waals surface area (Å²) in [5, 5.41) is 1.05. The van der Waals surface area contributed by atoms with Gasteiger partial charge in [0.05, 0.1) is 12.2 Å². The number of amides is 2. The van der Waals surface area contributed by atoms with E-state index in [4.69, 9.17) is 0 Å². The Morgan fingerprint density at radius 3 is 2.52 bits per heavy atom. The molecule has 2 saturated heterocycles. The molecule has 2 fully saturated rings. The molecule has 2 aliphatic rings. The molecule has 1 atom stereocenters. The van der Waals surface area contributed by atoms with Gasteiger partial charge < -0.3 is 14.8 Å². The number of rotatable bonds is 6. The van der Waals surface area contributed by atoms with Crippen LogP contribution in [0.15, 0.2) is 30.5 Å². The number of fused-ring (bicyclic) bond motifs is 1. The fourth-order valence-corrected chi connectivity index (χ4v) is 6.38. The van der Waals surface area contributed by atoms with Crippen molar-refractivity contribution in [2.45, 2.75) is 38.6 Å². The van der Waals surface area contributed by atoms with Gasteiger partial charge in [0, 0.05) is 49.8 Å². The first-order valence-corrected chi connectivity index (χ1v) is 12.6. The van der Waals surface area contributed by atoms with Gasteiger partial charge in [0.1, 0.15) is 6.04 Å². The number of para-hydroxylation sites is 1. The van der Waals surface area contributed by atoms with E-state index in [0.29, 0.717) is 58.4 Å². The number of carbonyl (C=O) groups is 2. The number of aromatic nitrogens is 1. The molecule has 3 heterocycles. The first-order valence-electron chi connectivity index (χ1n) is 11.0. The van der Waals surface area contributed by atoms with E-state index in [1.165, 1.54) is 4.31 Å².